The molecule has 1 aromatic heterocycles. The number of rotatable bonds is 4. The highest BCUT2D eigenvalue weighted by molar-refractivity contribution is 5.91. The van der Waals surface area contributed by atoms with Crippen molar-refractivity contribution in [1.29, 1.82) is 0 Å². The molecule has 0 atom stereocenters. The predicted octanol–water partition coefficient (Wildman–Crippen LogP) is 4.03. The van der Waals surface area contributed by atoms with E-state index in [1.807, 2.05) is 31.2 Å². The van der Waals surface area contributed by atoms with Crippen molar-refractivity contribution in [2.75, 3.05) is 23.3 Å². The summed E-state index contributed by atoms with van der Waals surface area (Å²) in [4.78, 5) is 19.6. The van der Waals surface area contributed by atoms with Gasteiger partial charge in [-0.2, -0.15) is 0 Å². The van der Waals surface area contributed by atoms with Gasteiger partial charge in [-0.1, -0.05) is 18.2 Å². The highest BCUT2D eigenvalue weighted by Crippen LogP contribution is 2.40. The summed E-state index contributed by atoms with van der Waals surface area (Å²) in [6.07, 6.45) is 3.23. The minimum absolute atomic E-state index is 0.241. The van der Waals surface area contributed by atoms with Crippen LogP contribution < -0.4 is 20.3 Å². The number of para-hydroxylation sites is 1. The molecule has 2 amide bonds. The third-order valence-electron chi connectivity index (χ3n) is 5.28. The summed E-state index contributed by atoms with van der Waals surface area (Å²) in [5, 5.41) is 5.91. The van der Waals surface area contributed by atoms with Crippen LogP contribution >= 0.6 is 0 Å². The van der Waals surface area contributed by atoms with Crippen LogP contribution in [-0.2, 0) is 13.0 Å². The van der Waals surface area contributed by atoms with Crippen LogP contribution in [0.15, 0.2) is 30.3 Å². The van der Waals surface area contributed by atoms with Crippen LogP contribution in [0.5, 0.6) is 5.75 Å². The van der Waals surface area contributed by atoms with Gasteiger partial charge in [0.25, 0.3) is 0 Å². The van der Waals surface area contributed by atoms with Crippen LogP contribution in [0.4, 0.5) is 16.3 Å². The fourth-order valence-corrected chi connectivity index (χ4v) is 3.97. The molecule has 6 heteroatoms. The number of aryl methyl sites for hydroxylation is 1. The first kappa shape index (κ1) is 18.6. The summed E-state index contributed by atoms with van der Waals surface area (Å²) in [7, 11) is 0. The number of pyridine rings is 1. The van der Waals surface area contributed by atoms with Gasteiger partial charge in [-0.3, -0.25) is 0 Å². The normalized spacial score (nSPS) is 17.2. The molecule has 2 aliphatic heterocycles. The quantitative estimate of drug-likeness (QED) is 0.841. The van der Waals surface area contributed by atoms with E-state index in [4.69, 9.17) is 9.72 Å². The first-order valence-electron chi connectivity index (χ1n) is 9.98. The molecule has 6 nitrogen and oxygen atoms in total. The van der Waals surface area contributed by atoms with Gasteiger partial charge in [-0.05, 0) is 45.7 Å². The molecule has 0 unspecified atom stereocenters. The van der Waals surface area contributed by atoms with Crippen molar-refractivity contribution in [3.05, 3.63) is 47.2 Å². The zero-order chi connectivity index (χ0) is 19.7. The number of amides is 2. The van der Waals surface area contributed by atoms with E-state index in [1.54, 1.807) is 0 Å². The van der Waals surface area contributed by atoms with Gasteiger partial charge in [-0.25, -0.2) is 9.78 Å². The Hall–Kier alpha value is -2.76. The van der Waals surface area contributed by atoms with Crippen molar-refractivity contribution < 1.29 is 9.53 Å². The number of carbonyl (C=O) groups excluding carboxylic acids is 1. The van der Waals surface area contributed by atoms with Crippen LogP contribution in [0.3, 0.4) is 0 Å². The molecule has 4 rings (SSSR count). The van der Waals surface area contributed by atoms with Gasteiger partial charge >= 0.3 is 6.03 Å². The Kier molecular flexibility index (Phi) is 4.87. The largest absolute Gasteiger partial charge is 0.485 e. The second kappa shape index (κ2) is 7.34. The molecule has 3 heterocycles. The summed E-state index contributed by atoms with van der Waals surface area (Å²) in [5.74, 6) is 1.76. The SMILES string of the molecule is Cc1ccc(CNC(=O)Nc2cccc3c2OC(C)(C)C3)c(N2CCCC2)n1. The highest BCUT2D eigenvalue weighted by Gasteiger charge is 2.32. The molecule has 0 aliphatic carbocycles. The number of anilines is 2. The molecule has 1 aromatic carbocycles. The van der Waals surface area contributed by atoms with Crippen LogP contribution in [0.25, 0.3) is 0 Å². The molecule has 1 saturated heterocycles. The summed E-state index contributed by atoms with van der Waals surface area (Å²) >= 11 is 0. The number of hydrogen-bond donors (Lipinski definition) is 2. The van der Waals surface area contributed by atoms with Gasteiger partial charge in [0.05, 0.1) is 5.69 Å². The Morgan fingerprint density at radius 3 is 2.79 bits per heavy atom. The van der Waals surface area contributed by atoms with E-state index in [-0.39, 0.29) is 11.6 Å². The molecule has 148 valence electrons. The number of nitrogens with zero attached hydrogens (tertiary/aromatic N) is 2. The molecule has 1 fully saturated rings. The van der Waals surface area contributed by atoms with E-state index in [0.717, 1.165) is 47.9 Å². The monoisotopic (exact) mass is 380 g/mol. The number of hydrogen-bond acceptors (Lipinski definition) is 4. The first-order valence-corrected chi connectivity index (χ1v) is 9.98. The fourth-order valence-electron chi connectivity index (χ4n) is 3.97. The van der Waals surface area contributed by atoms with Gasteiger partial charge in [0.2, 0.25) is 0 Å². The van der Waals surface area contributed by atoms with Crippen molar-refractivity contribution >= 4 is 17.5 Å². The predicted molar refractivity (Wildman–Crippen MR) is 111 cm³/mol. The topological polar surface area (TPSA) is 66.5 Å². The van der Waals surface area contributed by atoms with E-state index in [2.05, 4.69) is 35.4 Å². The fraction of sp³-hybridized carbons (Fsp3) is 0.455. The number of urea groups is 1. The van der Waals surface area contributed by atoms with E-state index < -0.39 is 0 Å². The maximum Gasteiger partial charge on any atom is 0.319 e. The molecule has 2 aromatic rings. The lowest BCUT2D eigenvalue weighted by Gasteiger charge is -2.21. The second-order valence-electron chi connectivity index (χ2n) is 8.27. The highest BCUT2D eigenvalue weighted by atomic mass is 16.5. The molecule has 0 spiro atoms. The van der Waals surface area contributed by atoms with Crippen LogP contribution in [0, 0.1) is 6.92 Å². The van der Waals surface area contributed by atoms with Crippen molar-refractivity contribution in [2.24, 2.45) is 0 Å². The molecule has 0 bridgehead atoms. The minimum Gasteiger partial charge on any atom is -0.485 e. The van der Waals surface area contributed by atoms with Gasteiger partial charge in [0.1, 0.15) is 17.2 Å². The summed E-state index contributed by atoms with van der Waals surface area (Å²) in [6, 6.07) is 9.69. The van der Waals surface area contributed by atoms with E-state index in [9.17, 15) is 4.79 Å². The van der Waals surface area contributed by atoms with Crippen molar-refractivity contribution in [2.45, 2.75) is 52.2 Å². The van der Waals surface area contributed by atoms with Crippen molar-refractivity contribution in [3.63, 3.8) is 0 Å². The van der Waals surface area contributed by atoms with Crippen LogP contribution in [-0.4, -0.2) is 29.7 Å². The molecule has 28 heavy (non-hydrogen) atoms. The number of nitrogens with one attached hydrogen (secondary N) is 2. The second-order valence-corrected chi connectivity index (χ2v) is 8.27. The van der Waals surface area contributed by atoms with Crippen LogP contribution in [0.2, 0.25) is 0 Å². The molecular formula is C22H28N4O2. The number of benzene rings is 1. The van der Waals surface area contributed by atoms with Crippen molar-refractivity contribution in [3.8, 4) is 5.75 Å². The molecular weight excluding hydrogens is 352 g/mol. The van der Waals surface area contributed by atoms with E-state index in [0.29, 0.717) is 12.2 Å². The van der Waals surface area contributed by atoms with Gasteiger partial charge in [-0.15, -0.1) is 0 Å². The van der Waals surface area contributed by atoms with E-state index >= 15 is 0 Å². The lowest BCUT2D eigenvalue weighted by molar-refractivity contribution is 0.139. The van der Waals surface area contributed by atoms with Crippen LogP contribution in [0.1, 0.15) is 43.5 Å². The van der Waals surface area contributed by atoms with Gasteiger partial charge < -0.3 is 20.3 Å². The number of carbonyl (C=O) groups is 1. The smallest absolute Gasteiger partial charge is 0.319 e. The third kappa shape index (κ3) is 3.91. The van der Waals surface area contributed by atoms with E-state index in [1.165, 1.54) is 12.8 Å². The number of ether oxygens (including phenoxy) is 1. The van der Waals surface area contributed by atoms with Crippen molar-refractivity contribution in [1.82, 2.24) is 10.3 Å². The maximum absolute atomic E-state index is 12.5. The molecule has 2 N–H and O–H groups in total. The Morgan fingerprint density at radius 1 is 1.21 bits per heavy atom. The Morgan fingerprint density at radius 2 is 2.00 bits per heavy atom. The molecule has 0 saturated carbocycles. The summed E-state index contributed by atoms with van der Waals surface area (Å²) in [5.41, 5.74) is 3.63. The Balaban J connectivity index is 1.43. The maximum atomic E-state index is 12.5. The average molecular weight is 380 g/mol. The zero-order valence-electron chi connectivity index (χ0n) is 16.8. The lowest BCUT2D eigenvalue weighted by Crippen LogP contribution is -2.30. The van der Waals surface area contributed by atoms with Gasteiger partial charge in [0.15, 0.2) is 0 Å². The molecule has 0 radical (unpaired) electrons. The minimum atomic E-state index is -0.241. The third-order valence-corrected chi connectivity index (χ3v) is 5.28. The lowest BCUT2D eigenvalue weighted by atomic mass is 10.0. The number of fused-ring (bicyclic) bond motifs is 1. The summed E-state index contributed by atoms with van der Waals surface area (Å²) in [6.45, 7) is 8.60. The molecule has 2 aliphatic rings. The van der Waals surface area contributed by atoms with Gasteiger partial charge in [0, 0.05) is 42.9 Å². The summed E-state index contributed by atoms with van der Waals surface area (Å²) < 4.78 is 6.03. The Bertz CT molecular complexity index is 888. The average Bonchev–Trinajstić information content (AvgIpc) is 3.27. The number of aromatic nitrogens is 1. The standard InChI is InChI=1S/C22H28N4O2/c1-15-9-10-17(20(24-15)26-11-4-5-12-26)14-23-21(27)25-18-8-6-7-16-13-22(2,3)28-19(16)18/h6-10H,4-5,11-14H2,1-3H3,(H2,23,25,27). The first-order chi connectivity index (χ1) is 13.4. The Labute approximate surface area is 166 Å². The zero-order valence-corrected chi connectivity index (χ0v) is 16.8.